The van der Waals surface area contributed by atoms with E-state index in [4.69, 9.17) is 14.2 Å². The number of sulfonamides is 1. The lowest BCUT2D eigenvalue weighted by molar-refractivity contribution is -0.121. The van der Waals surface area contributed by atoms with Crippen LogP contribution in [0.15, 0.2) is 47.4 Å². The molecule has 0 radical (unpaired) electrons. The standard InChI is InChI=1S/C20H26N2O6S/c1-26-16-5-7-19(8-6-16)29(24,25)22-11-10-21-20(23)9-4-15-12-17(27-2)14-18(13-15)28-3/h5-8,12-14,22H,4,9-11H2,1-3H3,(H,21,23). The largest absolute Gasteiger partial charge is 0.497 e. The summed E-state index contributed by atoms with van der Waals surface area (Å²) in [6.07, 6.45) is 0.776. The maximum atomic E-state index is 12.2. The van der Waals surface area contributed by atoms with Gasteiger partial charge in [0.1, 0.15) is 17.2 Å². The Balaban J connectivity index is 1.77. The van der Waals surface area contributed by atoms with Crippen molar-refractivity contribution in [2.75, 3.05) is 34.4 Å². The van der Waals surface area contributed by atoms with Crippen LogP contribution >= 0.6 is 0 Å². The summed E-state index contributed by atoms with van der Waals surface area (Å²) in [5.74, 6) is 1.72. The van der Waals surface area contributed by atoms with Crippen molar-refractivity contribution in [3.05, 3.63) is 48.0 Å². The highest BCUT2D eigenvalue weighted by atomic mass is 32.2. The maximum Gasteiger partial charge on any atom is 0.240 e. The zero-order chi connectivity index (χ0) is 21.3. The fourth-order valence-corrected chi connectivity index (χ4v) is 3.61. The van der Waals surface area contributed by atoms with Gasteiger partial charge in [-0.3, -0.25) is 4.79 Å². The first-order valence-corrected chi connectivity index (χ1v) is 10.5. The van der Waals surface area contributed by atoms with Gasteiger partial charge in [-0.2, -0.15) is 0 Å². The number of nitrogens with one attached hydrogen (secondary N) is 2. The molecule has 0 aromatic heterocycles. The average Bonchev–Trinajstić information content (AvgIpc) is 2.75. The number of rotatable bonds is 11. The number of benzene rings is 2. The van der Waals surface area contributed by atoms with Crippen molar-refractivity contribution in [2.45, 2.75) is 17.7 Å². The van der Waals surface area contributed by atoms with Gasteiger partial charge in [0.25, 0.3) is 0 Å². The van der Waals surface area contributed by atoms with Crippen LogP contribution in [0.5, 0.6) is 17.2 Å². The third-order valence-electron chi connectivity index (χ3n) is 4.16. The van der Waals surface area contributed by atoms with Gasteiger partial charge < -0.3 is 19.5 Å². The van der Waals surface area contributed by atoms with Crippen molar-refractivity contribution in [2.24, 2.45) is 0 Å². The van der Waals surface area contributed by atoms with Crippen LogP contribution in [0.4, 0.5) is 0 Å². The van der Waals surface area contributed by atoms with E-state index in [0.717, 1.165) is 5.56 Å². The molecule has 2 N–H and O–H groups in total. The minimum absolute atomic E-state index is 0.0904. The molecular formula is C20H26N2O6S. The second-order valence-corrected chi connectivity index (χ2v) is 7.91. The summed E-state index contributed by atoms with van der Waals surface area (Å²) >= 11 is 0. The van der Waals surface area contributed by atoms with Gasteiger partial charge in [0.05, 0.1) is 26.2 Å². The van der Waals surface area contributed by atoms with Crippen LogP contribution in [0.3, 0.4) is 0 Å². The summed E-state index contributed by atoms with van der Waals surface area (Å²) in [5.41, 5.74) is 0.913. The molecule has 0 heterocycles. The first-order chi connectivity index (χ1) is 13.9. The van der Waals surface area contributed by atoms with Crippen molar-refractivity contribution in [1.29, 1.82) is 0 Å². The Morgan fingerprint density at radius 2 is 1.45 bits per heavy atom. The van der Waals surface area contributed by atoms with E-state index in [1.54, 1.807) is 32.4 Å². The molecule has 0 aliphatic carbocycles. The number of hydrogen-bond acceptors (Lipinski definition) is 6. The monoisotopic (exact) mass is 422 g/mol. The van der Waals surface area contributed by atoms with E-state index in [2.05, 4.69) is 10.0 Å². The SMILES string of the molecule is COc1ccc(S(=O)(=O)NCCNC(=O)CCc2cc(OC)cc(OC)c2)cc1. The van der Waals surface area contributed by atoms with E-state index in [-0.39, 0.29) is 30.3 Å². The van der Waals surface area contributed by atoms with Gasteiger partial charge in [-0.25, -0.2) is 13.1 Å². The quantitative estimate of drug-likeness (QED) is 0.535. The fraction of sp³-hybridized carbons (Fsp3) is 0.350. The summed E-state index contributed by atoms with van der Waals surface area (Å²) in [6.45, 7) is 0.280. The summed E-state index contributed by atoms with van der Waals surface area (Å²) < 4.78 is 42.3. The summed E-state index contributed by atoms with van der Waals surface area (Å²) in [7, 11) is 1.01. The van der Waals surface area contributed by atoms with E-state index in [0.29, 0.717) is 23.7 Å². The molecule has 0 unspecified atom stereocenters. The van der Waals surface area contributed by atoms with Gasteiger partial charge in [-0.1, -0.05) is 0 Å². The molecule has 0 aliphatic rings. The number of hydrogen-bond donors (Lipinski definition) is 2. The third kappa shape index (κ3) is 6.95. The lowest BCUT2D eigenvalue weighted by Crippen LogP contribution is -2.34. The minimum Gasteiger partial charge on any atom is -0.497 e. The molecule has 158 valence electrons. The van der Waals surface area contributed by atoms with Gasteiger partial charge in [-0.15, -0.1) is 0 Å². The van der Waals surface area contributed by atoms with Crippen molar-refractivity contribution >= 4 is 15.9 Å². The molecule has 8 nitrogen and oxygen atoms in total. The van der Waals surface area contributed by atoms with Gasteiger partial charge in [0.15, 0.2) is 0 Å². The lowest BCUT2D eigenvalue weighted by atomic mass is 10.1. The molecular weight excluding hydrogens is 396 g/mol. The van der Waals surface area contributed by atoms with Crippen molar-refractivity contribution < 1.29 is 27.4 Å². The van der Waals surface area contributed by atoms with Crippen LogP contribution in [0.25, 0.3) is 0 Å². The predicted molar refractivity (Wildman–Crippen MR) is 109 cm³/mol. The van der Waals surface area contributed by atoms with E-state index in [1.165, 1.54) is 19.2 Å². The van der Waals surface area contributed by atoms with Gasteiger partial charge in [0, 0.05) is 25.6 Å². The van der Waals surface area contributed by atoms with Crippen molar-refractivity contribution in [1.82, 2.24) is 10.0 Å². The molecule has 29 heavy (non-hydrogen) atoms. The summed E-state index contributed by atoms with van der Waals surface area (Å²) in [6, 6.07) is 11.5. The molecule has 0 bridgehead atoms. The second-order valence-electron chi connectivity index (χ2n) is 6.14. The zero-order valence-corrected chi connectivity index (χ0v) is 17.5. The number of aryl methyl sites for hydroxylation is 1. The minimum atomic E-state index is -3.64. The second kappa shape index (κ2) is 10.7. The Hall–Kier alpha value is -2.78. The van der Waals surface area contributed by atoms with Gasteiger partial charge in [0.2, 0.25) is 15.9 Å². The molecule has 0 spiro atoms. The molecule has 0 aliphatic heterocycles. The van der Waals surface area contributed by atoms with E-state index in [1.807, 2.05) is 12.1 Å². The highest BCUT2D eigenvalue weighted by Gasteiger charge is 2.13. The predicted octanol–water partition coefficient (Wildman–Crippen LogP) is 1.74. The molecule has 1 amide bonds. The molecule has 0 atom stereocenters. The average molecular weight is 423 g/mol. The lowest BCUT2D eigenvalue weighted by Gasteiger charge is -2.10. The number of amides is 1. The van der Waals surface area contributed by atoms with Crippen LogP contribution < -0.4 is 24.2 Å². The molecule has 2 aromatic carbocycles. The van der Waals surface area contributed by atoms with Crippen LogP contribution in [0.2, 0.25) is 0 Å². The maximum absolute atomic E-state index is 12.2. The number of ether oxygens (including phenoxy) is 3. The van der Waals surface area contributed by atoms with Gasteiger partial charge in [-0.05, 0) is 48.4 Å². The Kier molecular flexibility index (Phi) is 8.29. The van der Waals surface area contributed by atoms with Crippen molar-refractivity contribution in [3.63, 3.8) is 0 Å². The molecule has 9 heteroatoms. The van der Waals surface area contributed by atoms with Crippen molar-refractivity contribution in [3.8, 4) is 17.2 Å². The molecule has 2 aromatic rings. The van der Waals surface area contributed by atoms with E-state index in [9.17, 15) is 13.2 Å². The number of carbonyl (C=O) groups is 1. The number of carbonyl (C=O) groups excluding carboxylic acids is 1. The van der Waals surface area contributed by atoms with Crippen LogP contribution in [0.1, 0.15) is 12.0 Å². The highest BCUT2D eigenvalue weighted by molar-refractivity contribution is 7.89. The van der Waals surface area contributed by atoms with E-state index < -0.39 is 10.0 Å². The van der Waals surface area contributed by atoms with Crippen LogP contribution in [-0.2, 0) is 21.2 Å². The van der Waals surface area contributed by atoms with Gasteiger partial charge >= 0.3 is 0 Å². The Morgan fingerprint density at radius 3 is 2.00 bits per heavy atom. The van der Waals surface area contributed by atoms with Crippen LogP contribution in [0, 0.1) is 0 Å². The highest BCUT2D eigenvalue weighted by Crippen LogP contribution is 2.23. The third-order valence-corrected chi connectivity index (χ3v) is 5.64. The Labute approximate surface area is 171 Å². The topological polar surface area (TPSA) is 103 Å². The summed E-state index contributed by atoms with van der Waals surface area (Å²) in [4.78, 5) is 12.2. The summed E-state index contributed by atoms with van der Waals surface area (Å²) in [5, 5.41) is 2.70. The number of methoxy groups -OCH3 is 3. The van der Waals surface area contributed by atoms with Crippen LogP contribution in [-0.4, -0.2) is 48.7 Å². The molecule has 0 saturated heterocycles. The smallest absolute Gasteiger partial charge is 0.240 e. The normalized spacial score (nSPS) is 11.0. The fourth-order valence-electron chi connectivity index (χ4n) is 2.58. The first-order valence-electron chi connectivity index (χ1n) is 9.00. The molecule has 0 fully saturated rings. The molecule has 2 rings (SSSR count). The molecule has 0 saturated carbocycles. The Bertz CT molecular complexity index is 891. The zero-order valence-electron chi connectivity index (χ0n) is 16.7. The van der Waals surface area contributed by atoms with E-state index >= 15 is 0 Å². The Morgan fingerprint density at radius 1 is 0.862 bits per heavy atom. The first kappa shape index (κ1) is 22.5.